The molecule has 2 unspecified atom stereocenters. The Morgan fingerprint density at radius 3 is 2.06 bits per heavy atom. The van der Waals surface area contributed by atoms with E-state index in [0.29, 0.717) is 16.0 Å². The molecule has 6 nitrogen and oxygen atoms in total. The molecule has 2 heterocycles. The zero-order valence-electron chi connectivity index (χ0n) is 19.0. The maximum atomic E-state index is 14.9. The van der Waals surface area contributed by atoms with E-state index >= 15 is 0 Å². The zero-order valence-corrected chi connectivity index (χ0v) is 19.0. The maximum Gasteiger partial charge on any atom is 0.408 e. The zero-order chi connectivity index (χ0) is 25.9. The van der Waals surface area contributed by atoms with Crippen LogP contribution in [0.1, 0.15) is 35.2 Å². The SMILES string of the molecule is C[C@@H](N1CN(C2c3cccc(F)c3CCc3c(F)cccc32)N2C=CC(=O)C(O)C2C1=O)C(F)(F)F. The highest BCUT2D eigenvalue weighted by Gasteiger charge is 2.53. The number of aliphatic hydroxyl groups is 1. The van der Waals surface area contributed by atoms with Crippen LogP contribution < -0.4 is 0 Å². The van der Waals surface area contributed by atoms with Crippen molar-refractivity contribution in [3.63, 3.8) is 0 Å². The van der Waals surface area contributed by atoms with Gasteiger partial charge >= 0.3 is 6.18 Å². The molecule has 0 spiro atoms. The van der Waals surface area contributed by atoms with Crippen molar-refractivity contribution in [2.45, 2.75) is 50.2 Å². The second-order valence-corrected chi connectivity index (χ2v) is 9.11. The van der Waals surface area contributed by atoms with E-state index in [4.69, 9.17) is 0 Å². The molecule has 0 saturated carbocycles. The van der Waals surface area contributed by atoms with Gasteiger partial charge in [-0.15, -0.1) is 0 Å². The van der Waals surface area contributed by atoms with E-state index in [1.807, 2.05) is 0 Å². The summed E-state index contributed by atoms with van der Waals surface area (Å²) in [5.41, 5.74) is 1.35. The van der Waals surface area contributed by atoms with Crippen LogP contribution in [0, 0.1) is 11.6 Å². The fraction of sp³-hybridized carbons (Fsp3) is 0.360. The first-order valence-electron chi connectivity index (χ1n) is 11.4. The van der Waals surface area contributed by atoms with E-state index in [1.54, 1.807) is 12.1 Å². The van der Waals surface area contributed by atoms with Crippen LogP contribution in [0.3, 0.4) is 0 Å². The molecule has 0 aromatic heterocycles. The minimum absolute atomic E-state index is 0.155. The van der Waals surface area contributed by atoms with Gasteiger partial charge in [-0.25, -0.2) is 8.78 Å². The van der Waals surface area contributed by atoms with Crippen LogP contribution in [-0.2, 0) is 22.4 Å². The Hall–Kier alpha value is -3.31. The molecule has 5 rings (SSSR count). The maximum absolute atomic E-state index is 14.9. The average Bonchev–Trinajstić information content (AvgIpc) is 2.99. The quantitative estimate of drug-likeness (QED) is 0.633. The number of carbonyl (C=O) groups is 2. The van der Waals surface area contributed by atoms with E-state index < -0.39 is 60.4 Å². The minimum Gasteiger partial charge on any atom is -0.382 e. The average molecular weight is 507 g/mol. The third kappa shape index (κ3) is 3.77. The molecular weight excluding hydrogens is 485 g/mol. The Bertz CT molecular complexity index is 1210. The Kier molecular flexibility index (Phi) is 5.87. The Morgan fingerprint density at radius 2 is 1.53 bits per heavy atom. The van der Waals surface area contributed by atoms with Crippen molar-refractivity contribution in [3.8, 4) is 0 Å². The predicted molar refractivity (Wildman–Crippen MR) is 117 cm³/mol. The number of alkyl halides is 3. The molecule has 2 aliphatic heterocycles. The number of benzene rings is 2. The molecule has 3 atom stereocenters. The number of amides is 1. The highest BCUT2D eigenvalue weighted by Crippen LogP contribution is 2.42. The van der Waals surface area contributed by atoms with Crippen molar-refractivity contribution < 1.29 is 36.6 Å². The summed E-state index contributed by atoms with van der Waals surface area (Å²) in [7, 11) is 0. The van der Waals surface area contributed by atoms with Crippen LogP contribution in [0.2, 0.25) is 0 Å². The molecule has 1 saturated heterocycles. The second kappa shape index (κ2) is 8.67. The molecule has 190 valence electrons. The molecule has 2 aromatic carbocycles. The van der Waals surface area contributed by atoms with Crippen molar-refractivity contribution >= 4 is 11.7 Å². The molecule has 1 amide bonds. The van der Waals surface area contributed by atoms with Gasteiger partial charge in [0.2, 0.25) is 0 Å². The number of hydrogen-bond donors (Lipinski definition) is 1. The standard InChI is InChI=1S/C25H22F5N3O3/c1-13(25(28,29)30)31-12-33(32-11-10-20(34)23(35)22(32)24(31)36)21-16-4-2-6-18(26)14(16)8-9-15-17(21)5-3-7-19(15)27/h2-7,10-11,13,21-23,35H,8-9,12H2,1H3/t13-,22?,23?/m1/s1. The van der Waals surface area contributed by atoms with Gasteiger partial charge < -0.3 is 10.0 Å². The number of nitrogens with zero attached hydrogens (tertiary/aromatic N) is 3. The van der Waals surface area contributed by atoms with Gasteiger partial charge in [0, 0.05) is 12.3 Å². The lowest BCUT2D eigenvalue weighted by Crippen LogP contribution is -2.70. The van der Waals surface area contributed by atoms with E-state index in [2.05, 4.69) is 0 Å². The molecule has 36 heavy (non-hydrogen) atoms. The Morgan fingerprint density at radius 1 is 0.972 bits per heavy atom. The smallest absolute Gasteiger partial charge is 0.382 e. The lowest BCUT2D eigenvalue weighted by molar-refractivity contribution is -0.222. The van der Waals surface area contributed by atoms with Crippen LogP contribution >= 0.6 is 0 Å². The second-order valence-electron chi connectivity index (χ2n) is 9.11. The number of fused-ring (bicyclic) bond motifs is 3. The summed E-state index contributed by atoms with van der Waals surface area (Å²) in [6, 6.07) is 3.73. The van der Waals surface area contributed by atoms with Crippen molar-refractivity contribution in [2.75, 3.05) is 6.67 Å². The molecule has 3 aliphatic rings. The van der Waals surface area contributed by atoms with Crippen molar-refractivity contribution in [1.82, 2.24) is 14.9 Å². The van der Waals surface area contributed by atoms with Gasteiger partial charge in [-0.2, -0.15) is 18.2 Å². The van der Waals surface area contributed by atoms with Crippen molar-refractivity contribution in [2.24, 2.45) is 0 Å². The van der Waals surface area contributed by atoms with Crippen molar-refractivity contribution in [3.05, 3.63) is 82.6 Å². The van der Waals surface area contributed by atoms with Gasteiger partial charge in [0.1, 0.15) is 23.8 Å². The van der Waals surface area contributed by atoms with Crippen LogP contribution in [0.4, 0.5) is 22.0 Å². The van der Waals surface area contributed by atoms with Crippen LogP contribution in [0.25, 0.3) is 0 Å². The number of hydrazine groups is 1. The number of aliphatic hydroxyl groups excluding tert-OH is 1. The molecule has 1 aliphatic carbocycles. The fourth-order valence-electron chi connectivity index (χ4n) is 5.24. The summed E-state index contributed by atoms with van der Waals surface area (Å²) >= 11 is 0. The molecule has 0 bridgehead atoms. The highest BCUT2D eigenvalue weighted by atomic mass is 19.4. The third-order valence-corrected chi connectivity index (χ3v) is 7.16. The first-order chi connectivity index (χ1) is 17.0. The summed E-state index contributed by atoms with van der Waals surface area (Å²) in [5.74, 6) is -2.99. The minimum atomic E-state index is -4.79. The fourth-order valence-corrected chi connectivity index (χ4v) is 5.24. The molecule has 11 heteroatoms. The first kappa shape index (κ1) is 24.4. The van der Waals surface area contributed by atoms with Gasteiger partial charge in [-0.05, 0) is 54.2 Å². The molecule has 0 radical (unpaired) electrons. The molecular formula is C25H22F5N3O3. The number of hydrogen-bond acceptors (Lipinski definition) is 5. The van der Waals surface area contributed by atoms with Crippen LogP contribution in [0.15, 0.2) is 48.7 Å². The van der Waals surface area contributed by atoms with Gasteiger partial charge in [0.05, 0.1) is 12.7 Å². The first-order valence-corrected chi connectivity index (χ1v) is 11.4. The van der Waals surface area contributed by atoms with Crippen LogP contribution in [0.5, 0.6) is 0 Å². The molecule has 2 aromatic rings. The topological polar surface area (TPSA) is 64.1 Å². The summed E-state index contributed by atoms with van der Waals surface area (Å²) in [5, 5.41) is 13.2. The van der Waals surface area contributed by atoms with Gasteiger partial charge in [-0.1, -0.05) is 24.3 Å². The lowest BCUT2D eigenvalue weighted by atomic mass is 9.92. The lowest BCUT2D eigenvalue weighted by Gasteiger charge is -2.53. The summed E-state index contributed by atoms with van der Waals surface area (Å²) in [6.07, 6.45) is -4.15. The summed E-state index contributed by atoms with van der Waals surface area (Å²) in [6.45, 7) is 0.213. The summed E-state index contributed by atoms with van der Waals surface area (Å²) < 4.78 is 71.2. The number of rotatable bonds is 2. The van der Waals surface area contributed by atoms with E-state index in [-0.39, 0.29) is 24.0 Å². The van der Waals surface area contributed by atoms with Crippen LogP contribution in [-0.4, -0.2) is 62.7 Å². The number of ketones is 1. The van der Waals surface area contributed by atoms with Gasteiger partial charge in [0.25, 0.3) is 5.91 Å². The molecule has 1 N–H and O–H groups in total. The monoisotopic (exact) mass is 507 g/mol. The predicted octanol–water partition coefficient (Wildman–Crippen LogP) is 3.25. The van der Waals surface area contributed by atoms with E-state index in [0.717, 1.165) is 13.0 Å². The van der Waals surface area contributed by atoms with Crippen molar-refractivity contribution in [1.29, 1.82) is 0 Å². The summed E-state index contributed by atoms with van der Waals surface area (Å²) in [4.78, 5) is 26.0. The van der Waals surface area contributed by atoms with E-state index in [9.17, 15) is 36.6 Å². The number of halogens is 5. The highest BCUT2D eigenvalue weighted by molar-refractivity contribution is 6.00. The van der Waals surface area contributed by atoms with Gasteiger partial charge in [-0.3, -0.25) is 14.6 Å². The Balaban J connectivity index is 1.73. The Labute approximate surface area is 203 Å². The van der Waals surface area contributed by atoms with E-state index in [1.165, 1.54) is 40.5 Å². The number of carbonyl (C=O) groups excluding carboxylic acids is 2. The van der Waals surface area contributed by atoms with Gasteiger partial charge in [0.15, 0.2) is 11.8 Å². The third-order valence-electron chi connectivity index (χ3n) is 7.16. The normalized spacial score (nSPS) is 23.8. The molecule has 1 fully saturated rings. The largest absolute Gasteiger partial charge is 0.408 e.